The van der Waals surface area contributed by atoms with Crippen molar-refractivity contribution in [3.8, 4) is 33.4 Å². The van der Waals surface area contributed by atoms with E-state index in [1.165, 1.54) is 104 Å². The molecule has 19 aromatic rings. The van der Waals surface area contributed by atoms with Gasteiger partial charge >= 0.3 is 7.12 Å². The molecule has 19 rings (SSSR count). The summed E-state index contributed by atoms with van der Waals surface area (Å²) in [7, 11) is -1.41. The van der Waals surface area contributed by atoms with Gasteiger partial charge in [-0.2, -0.15) is 0 Å². The molecule has 2 N–H and O–H groups in total. The zero-order chi connectivity index (χ0) is 69.0. The van der Waals surface area contributed by atoms with Crippen molar-refractivity contribution < 1.29 is 10.0 Å². The lowest BCUT2D eigenvalue weighted by Crippen LogP contribution is -2.29. The second kappa shape index (κ2) is 30.0. The molecule has 0 atom stereocenters. The molecule has 4 aromatic heterocycles. The number of rotatable bonds is 10. The highest BCUT2D eigenvalue weighted by atomic mass is 79.9. The van der Waals surface area contributed by atoms with Gasteiger partial charge in [-0.1, -0.05) is 266 Å². The van der Waals surface area contributed by atoms with E-state index in [9.17, 15) is 10.0 Å². The van der Waals surface area contributed by atoms with Gasteiger partial charge in [0.2, 0.25) is 0 Å². The lowest BCUT2D eigenvalue weighted by atomic mass is 9.80. The highest BCUT2D eigenvalue weighted by Gasteiger charge is 2.20. The van der Waals surface area contributed by atoms with Gasteiger partial charge in [0.05, 0.1) is 0 Å². The van der Waals surface area contributed by atoms with Crippen LogP contribution in [0.5, 0.6) is 0 Å². The number of hydrogen-bond acceptors (Lipinski definition) is 8. The Hall–Kier alpha value is -9.80. The Morgan fingerprint density at radius 2 is 0.451 bits per heavy atom. The molecule has 4 heterocycles. The van der Waals surface area contributed by atoms with Crippen molar-refractivity contribution in [2.75, 3.05) is 9.80 Å². The number of thiophene rings is 4. The molecule has 0 amide bonds. The first-order valence-electron chi connectivity index (χ1n) is 33.3. The average molecular weight is 1580 g/mol. The molecule has 0 aliphatic rings. The molecule has 0 bridgehead atoms. The zero-order valence-electron chi connectivity index (χ0n) is 54.6. The molecule has 102 heavy (non-hydrogen) atoms. The summed E-state index contributed by atoms with van der Waals surface area (Å²) >= 11 is 17.8. The van der Waals surface area contributed by atoms with Crippen LogP contribution in [0.1, 0.15) is 0 Å². The van der Waals surface area contributed by atoms with Gasteiger partial charge in [0.15, 0.2) is 0 Å². The fourth-order valence-corrected chi connectivity index (χ4v) is 19.1. The van der Waals surface area contributed by atoms with Crippen LogP contribution in [0.15, 0.2) is 365 Å². The van der Waals surface area contributed by atoms with Crippen molar-refractivity contribution in [1.29, 1.82) is 0 Å². The van der Waals surface area contributed by atoms with Crippen molar-refractivity contribution in [3.63, 3.8) is 0 Å². The van der Waals surface area contributed by atoms with E-state index in [0.29, 0.717) is 5.46 Å². The van der Waals surface area contributed by atoms with Crippen LogP contribution in [0.2, 0.25) is 0 Å². The number of hydrogen-bond donors (Lipinski definition) is 2. The zero-order valence-corrected chi connectivity index (χ0v) is 62.6. The number of halogens is 3. The number of para-hydroxylation sites is 2. The predicted octanol–water partition coefficient (Wildman–Crippen LogP) is 28.1. The van der Waals surface area contributed by atoms with Crippen molar-refractivity contribution in [2.24, 2.45) is 0 Å². The number of fused-ring (bicyclic) bond motifs is 12. The maximum Gasteiger partial charge on any atom is 0.489 e. The molecule has 0 fully saturated rings. The summed E-state index contributed by atoms with van der Waals surface area (Å²) in [5.74, 6) is 0. The first kappa shape index (κ1) is 66.7. The largest absolute Gasteiger partial charge is 0.489 e. The Kier molecular flexibility index (Phi) is 19.6. The molecule has 0 spiro atoms. The summed E-state index contributed by atoms with van der Waals surface area (Å²) in [6.07, 6.45) is 0. The topological polar surface area (TPSA) is 46.9 Å². The van der Waals surface area contributed by atoms with Crippen molar-refractivity contribution in [1.82, 2.24) is 0 Å². The van der Waals surface area contributed by atoms with Crippen molar-refractivity contribution in [3.05, 3.63) is 365 Å². The second-order valence-electron chi connectivity index (χ2n) is 24.4. The van der Waals surface area contributed by atoms with Gasteiger partial charge in [-0.15, -0.1) is 45.3 Å². The molecule has 0 unspecified atom stereocenters. The van der Waals surface area contributed by atoms with Gasteiger partial charge in [-0.05, 0) is 178 Å². The summed E-state index contributed by atoms with van der Waals surface area (Å²) in [6, 6.07) is 124. The molecule has 0 aliphatic carbocycles. The Labute approximate surface area is 633 Å². The quantitative estimate of drug-likeness (QED) is 0.134. The van der Waals surface area contributed by atoms with Gasteiger partial charge in [-0.3, -0.25) is 0 Å². The average Bonchev–Trinajstić information content (AvgIpc) is 1.52. The molecular weight excluding hydrogens is 1520 g/mol. The van der Waals surface area contributed by atoms with E-state index in [4.69, 9.17) is 0 Å². The number of anilines is 6. The van der Waals surface area contributed by atoms with E-state index in [2.05, 4.69) is 373 Å². The van der Waals surface area contributed by atoms with Crippen LogP contribution in [0.25, 0.3) is 114 Å². The molecule has 0 aliphatic heterocycles. The minimum absolute atomic E-state index is 0.582. The molecule has 12 heteroatoms. The van der Waals surface area contributed by atoms with E-state index in [-0.39, 0.29) is 0 Å². The fraction of sp³-hybridized carbons (Fsp3) is 0. The Morgan fingerprint density at radius 1 is 0.216 bits per heavy atom. The number of benzene rings is 15. The molecule has 0 saturated carbocycles. The molecule has 0 radical (unpaired) electrons. The summed E-state index contributed by atoms with van der Waals surface area (Å²) < 4.78 is 13.5. The van der Waals surface area contributed by atoms with E-state index < -0.39 is 7.12 Å². The molecule has 490 valence electrons. The van der Waals surface area contributed by atoms with Crippen LogP contribution in [0.3, 0.4) is 0 Å². The standard InChI is InChI=1S/C30H19Br2NS.C30H21NS.C18H11BrS.C12H9BO2S/c31-21-10-16-24(17-11-21)33(25-18-12-22(32)13-19-25)23-14-8-20(9-15-23)26-5-3-6-28-27-4-1-2-7-29(27)34-30(26)28;1-3-10-23(11-4-1)31(24-12-5-2-6-13-24)25-20-18-22(19-21-25)26-15-9-16-28-27-14-7-8-17-29(27)32-30(26)28;19-13-10-8-12(9-11-13)14-5-3-6-16-15-4-1-2-7-17(15)20-18(14)16;14-13(15)10-6-3-5-9-8-4-1-2-7-11(8)16-12(9)10/h1-19H;1-21H;1-11H;1-7,14-15H. The van der Waals surface area contributed by atoms with Gasteiger partial charge in [0.25, 0.3) is 0 Å². The molecular formula is C90H60BBr3N2O2S4. The summed E-state index contributed by atoms with van der Waals surface area (Å²) in [5, 5.41) is 28.9. The van der Waals surface area contributed by atoms with Crippen LogP contribution < -0.4 is 15.3 Å². The number of nitrogens with zero attached hydrogens (tertiary/aromatic N) is 2. The van der Waals surface area contributed by atoms with E-state index >= 15 is 0 Å². The highest BCUT2D eigenvalue weighted by molar-refractivity contribution is 9.11. The van der Waals surface area contributed by atoms with Crippen LogP contribution in [-0.4, -0.2) is 17.2 Å². The minimum Gasteiger partial charge on any atom is -0.423 e. The van der Waals surface area contributed by atoms with E-state index in [1.54, 1.807) is 17.4 Å². The van der Waals surface area contributed by atoms with E-state index in [0.717, 1.165) is 57.6 Å². The van der Waals surface area contributed by atoms with Crippen molar-refractivity contribution >= 4 is 221 Å². The first-order valence-corrected chi connectivity index (χ1v) is 39.0. The maximum atomic E-state index is 9.31. The van der Waals surface area contributed by atoms with Gasteiger partial charge in [0, 0.05) is 123 Å². The van der Waals surface area contributed by atoms with Crippen LogP contribution >= 0.6 is 93.1 Å². The SMILES string of the molecule is Brc1ccc(-c2cccc3c2sc2ccccc23)cc1.Brc1ccc(N(c2ccc(Br)cc2)c2ccc(-c3cccc4c3sc3ccccc34)cc2)cc1.OB(O)c1cccc2c1sc1ccccc12.c1ccc(N(c2ccccc2)c2ccc(-c3cccc4c3sc3ccccc34)cc2)cc1. The highest BCUT2D eigenvalue weighted by Crippen LogP contribution is 2.45. The first-order chi connectivity index (χ1) is 50.1. The summed E-state index contributed by atoms with van der Waals surface area (Å²) in [4.78, 5) is 4.58. The van der Waals surface area contributed by atoms with Gasteiger partial charge in [-0.25, -0.2) is 0 Å². The fourth-order valence-electron chi connectivity index (χ4n) is 13.3. The van der Waals surface area contributed by atoms with Gasteiger partial charge < -0.3 is 19.8 Å². The third-order valence-corrected chi connectivity index (χ3v) is 24.6. The third-order valence-electron chi connectivity index (χ3n) is 18.2. The molecule has 15 aromatic carbocycles. The Bertz CT molecular complexity index is 6060. The lowest BCUT2D eigenvalue weighted by molar-refractivity contribution is 0.426. The third kappa shape index (κ3) is 13.8. The molecule has 4 nitrogen and oxygen atoms in total. The van der Waals surface area contributed by atoms with E-state index in [1.807, 2.05) is 64.3 Å². The summed E-state index contributed by atoms with van der Waals surface area (Å²) in [6.45, 7) is 0. The predicted molar refractivity (Wildman–Crippen MR) is 456 cm³/mol. The monoisotopic (exact) mass is 1580 g/mol. The summed E-state index contributed by atoms with van der Waals surface area (Å²) in [5.41, 5.74) is 15.0. The second-order valence-corrected chi connectivity index (χ2v) is 31.4. The minimum atomic E-state index is -1.41. The van der Waals surface area contributed by atoms with Crippen LogP contribution in [0, 0.1) is 0 Å². The van der Waals surface area contributed by atoms with Crippen LogP contribution in [0.4, 0.5) is 34.1 Å². The van der Waals surface area contributed by atoms with Crippen molar-refractivity contribution in [2.45, 2.75) is 0 Å². The smallest absolute Gasteiger partial charge is 0.423 e. The van der Waals surface area contributed by atoms with Crippen LogP contribution in [-0.2, 0) is 0 Å². The maximum absolute atomic E-state index is 9.31. The van der Waals surface area contributed by atoms with Gasteiger partial charge in [0.1, 0.15) is 0 Å². The normalized spacial score (nSPS) is 11.2. The molecule has 0 saturated heterocycles. The Balaban J connectivity index is 0.000000110. The lowest BCUT2D eigenvalue weighted by Gasteiger charge is -2.26. The Morgan fingerprint density at radius 3 is 0.775 bits per heavy atom.